The average Bonchev–Trinajstić information content (AvgIpc) is 3.49. The number of ether oxygens (including phenoxy) is 4. The molecule has 6 nitrogen and oxygen atoms in total. The van der Waals surface area contributed by atoms with E-state index in [0.717, 1.165) is 25.7 Å². The number of rotatable bonds is 7. The van der Waals surface area contributed by atoms with E-state index >= 15 is 0 Å². The summed E-state index contributed by atoms with van der Waals surface area (Å²) in [5.74, 6) is 0.791. The molecule has 2 aliphatic heterocycles. The van der Waals surface area contributed by atoms with E-state index in [9.17, 15) is 9.59 Å². The van der Waals surface area contributed by atoms with Gasteiger partial charge in [-0.1, -0.05) is 13.8 Å². The summed E-state index contributed by atoms with van der Waals surface area (Å²) >= 11 is 0. The molecule has 4 aliphatic rings. The number of epoxide rings is 2. The highest BCUT2D eigenvalue weighted by Gasteiger charge is 2.53. The van der Waals surface area contributed by atoms with Crippen LogP contribution in [0.1, 0.15) is 65.2 Å². The first-order valence-electron chi connectivity index (χ1n) is 10.2. The van der Waals surface area contributed by atoms with Crippen LogP contribution in [0.5, 0.6) is 0 Å². The second kappa shape index (κ2) is 7.47. The molecule has 146 valence electrons. The average molecular weight is 366 g/mol. The minimum Gasteiger partial charge on any atom is -0.459 e. The lowest BCUT2D eigenvalue weighted by molar-refractivity contribution is -0.153. The number of hydrogen-bond acceptors (Lipinski definition) is 6. The Morgan fingerprint density at radius 3 is 1.58 bits per heavy atom. The molecular weight excluding hydrogens is 336 g/mol. The Bertz CT molecular complexity index is 500. The first-order chi connectivity index (χ1) is 12.5. The van der Waals surface area contributed by atoms with E-state index in [2.05, 4.69) is 13.8 Å². The van der Waals surface area contributed by atoms with Gasteiger partial charge in [-0.3, -0.25) is 9.59 Å². The molecule has 0 spiro atoms. The van der Waals surface area contributed by atoms with Gasteiger partial charge in [0.25, 0.3) is 0 Å². The highest BCUT2D eigenvalue weighted by atomic mass is 16.6. The maximum atomic E-state index is 12.0. The maximum Gasteiger partial charge on any atom is 0.306 e. The fourth-order valence-electron chi connectivity index (χ4n) is 4.54. The van der Waals surface area contributed by atoms with Crippen molar-refractivity contribution >= 4 is 11.9 Å². The Labute approximate surface area is 154 Å². The Kier molecular flexibility index (Phi) is 5.24. The first kappa shape index (κ1) is 18.2. The third kappa shape index (κ3) is 4.06. The van der Waals surface area contributed by atoms with Crippen LogP contribution >= 0.6 is 0 Å². The third-order valence-electron chi connectivity index (χ3n) is 6.37. The molecule has 26 heavy (non-hydrogen) atoms. The highest BCUT2D eigenvalue weighted by Crippen LogP contribution is 2.43. The smallest absolute Gasteiger partial charge is 0.306 e. The molecule has 0 aromatic rings. The monoisotopic (exact) mass is 366 g/mol. The Morgan fingerprint density at radius 2 is 1.15 bits per heavy atom. The van der Waals surface area contributed by atoms with E-state index in [0.29, 0.717) is 37.5 Å². The number of carbonyl (C=O) groups excluding carboxylic acids is 2. The van der Waals surface area contributed by atoms with Gasteiger partial charge >= 0.3 is 11.9 Å². The molecule has 0 bridgehead atoms. The summed E-state index contributed by atoms with van der Waals surface area (Å²) in [5, 5.41) is 0. The lowest BCUT2D eigenvalue weighted by Crippen LogP contribution is -2.31. The highest BCUT2D eigenvalue weighted by molar-refractivity contribution is 5.71. The summed E-state index contributed by atoms with van der Waals surface area (Å²) in [4.78, 5) is 24.0. The van der Waals surface area contributed by atoms with Crippen molar-refractivity contribution in [1.82, 2.24) is 0 Å². The van der Waals surface area contributed by atoms with Gasteiger partial charge in [-0.25, -0.2) is 0 Å². The second-order valence-corrected chi connectivity index (χ2v) is 8.50. The van der Waals surface area contributed by atoms with E-state index in [4.69, 9.17) is 18.9 Å². The number of hydrogen-bond donors (Lipinski definition) is 0. The lowest BCUT2D eigenvalue weighted by Gasteiger charge is -2.22. The summed E-state index contributed by atoms with van der Waals surface area (Å²) < 4.78 is 22.3. The van der Waals surface area contributed by atoms with Crippen molar-refractivity contribution < 1.29 is 28.5 Å². The molecule has 8 unspecified atom stereocenters. The third-order valence-corrected chi connectivity index (χ3v) is 6.37. The number of carbonyl (C=O) groups is 2. The van der Waals surface area contributed by atoms with Crippen LogP contribution in [-0.2, 0) is 28.5 Å². The van der Waals surface area contributed by atoms with Gasteiger partial charge in [0.15, 0.2) is 0 Å². The fourth-order valence-corrected chi connectivity index (χ4v) is 4.54. The number of fused-ring (bicyclic) bond motifs is 2. The van der Waals surface area contributed by atoms with Crippen molar-refractivity contribution in [3.8, 4) is 0 Å². The Balaban J connectivity index is 1.07. The van der Waals surface area contributed by atoms with Crippen LogP contribution in [0.15, 0.2) is 0 Å². The van der Waals surface area contributed by atoms with Crippen LogP contribution in [0.4, 0.5) is 0 Å². The number of unbranched alkanes of at least 4 members (excludes halogenated alkanes) is 1. The minimum atomic E-state index is -0.178. The number of esters is 2. The molecule has 0 aromatic carbocycles. The Morgan fingerprint density at radius 1 is 0.731 bits per heavy atom. The molecule has 8 atom stereocenters. The van der Waals surface area contributed by atoms with Gasteiger partial charge in [0, 0.05) is 12.8 Å². The lowest BCUT2D eigenvalue weighted by atomic mass is 9.89. The molecule has 2 heterocycles. The van der Waals surface area contributed by atoms with Crippen molar-refractivity contribution in [2.24, 2.45) is 11.8 Å². The molecule has 0 N–H and O–H groups in total. The first-order valence-corrected chi connectivity index (χ1v) is 10.2. The van der Waals surface area contributed by atoms with E-state index < -0.39 is 0 Å². The van der Waals surface area contributed by atoms with Crippen LogP contribution in [-0.4, -0.2) is 48.6 Å². The van der Waals surface area contributed by atoms with E-state index in [1.54, 1.807) is 0 Å². The van der Waals surface area contributed by atoms with Crippen molar-refractivity contribution in [2.45, 2.75) is 102 Å². The minimum absolute atomic E-state index is 0.0751. The quantitative estimate of drug-likeness (QED) is 0.392. The Hall–Kier alpha value is -1.14. The molecule has 6 heteroatoms. The summed E-state index contributed by atoms with van der Waals surface area (Å²) in [5.41, 5.74) is 0. The molecule has 0 radical (unpaired) electrons. The van der Waals surface area contributed by atoms with Crippen molar-refractivity contribution in [1.29, 1.82) is 0 Å². The molecule has 0 amide bonds. The SMILES string of the molecule is CC1CCC(OC(=O)CCCCC(=O)OC2CCC(C)C3OC23)C2OC12. The van der Waals surface area contributed by atoms with E-state index in [1.165, 1.54) is 0 Å². The van der Waals surface area contributed by atoms with Gasteiger partial charge in [-0.15, -0.1) is 0 Å². The standard InChI is InChI=1S/C20H30O6/c1-11-7-9-13(19-17(11)25-19)23-15(21)5-3-4-6-16(22)24-14-10-8-12(2)18-20(14)26-18/h11-14,17-20H,3-10H2,1-2H3. The van der Waals surface area contributed by atoms with E-state index in [1.807, 2.05) is 0 Å². The zero-order valence-electron chi connectivity index (χ0n) is 15.7. The van der Waals surface area contributed by atoms with Gasteiger partial charge in [0.2, 0.25) is 0 Å². The van der Waals surface area contributed by atoms with Gasteiger partial charge in [-0.05, 0) is 50.4 Å². The molecule has 0 aromatic heterocycles. The molecule has 2 saturated heterocycles. The largest absolute Gasteiger partial charge is 0.459 e. The fraction of sp³-hybridized carbons (Fsp3) is 0.900. The zero-order chi connectivity index (χ0) is 18.3. The van der Waals surface area contributed by atoms with Crippen molar-refractivity contribution in [2.75, 3.05) is 0 Å². The van der Waals surface area contributed by atoms with Crippen LogP contribution in [0.25, 0.3) is 0 Å². The molecule has 4 fully saturated rings. The van der Waals surface area contributed by atoms with Crippen LogP contribution in [0.3, 0.4) is 0 Å². The molecular formula is C20H30O6. The van der Waals surface area contributed by atoms with Crippen molar-refractivity contribution in [3.05, 3.63) is 0 Å². The van der Waals surface area contributed by atoms with Gasteiger partial charge < -0.3 is 18.9 Å². The summed E-state index contributed by atoms with van der Waals surface area (Å²) in [6, 6.07) is 0. The van der Waals surface area contributed by atoms with Gasteiger partial charge in [-0.2, -0.15) is 0 Å². The molecule has 2 aliphatic carbocycles. The van der Waals surface area contributed by atoms with Gasteiger partial charge in [0.1, 0.15) is 24.4 Å². The normalized spacial score (nSPS) is 43.0. The maximum absolute atomic E-state index is 12.0. The zero-order valence-corrected chi connectivity index (χ0v) is 15.7. The summed E-state index contributed by atoms with van der Waals surface area (Å²) in [6.07, 6.45) is 6.55. The second-order valence-electron chi connectivity index (χ2n) is 8.50. The topological polar surface area (TPSA) is 77.7 Å². The van der Waals surface area contributed by atoms with Crippen molar-refractivity contribution in [3.63, 3.8) is 0 Å². The van der Waals surface area contributed by atoms with Crippen LogP contribution in [0.2, 0.25) is 0 Å². The predicted molar refractivity (Wildman–Crippen MR) is 92.3 cm³/mol. The van der Waals surface area contributed by atoms with Crippen LogP contribution < -0.4 is 0 Å². The van der Waals surface area contributed by atoms with E-state index in [-0.39, 0.29) is 48.6 Å². The van der Waals surface area contributed by atoms with Gasteiger partial charge in [0.05, 0.1) is 12.2 Å². The molecule has 2 saturated carbocycles. The predicted octanol–water partition coefficient (Wildman–Crippen LogP) is 2.77. The summed E-state index contributed by atoms with van der Waals surface area (Å²) in [6.45, 7) is 4.37. The molecule has 4 rings (SSSR count). The van der Waals surface area contributed by atoms with Crippen LogP contribution in [0, 0.1) is 11.8 Å². The summed E-state index contributed by atoms with van der Waals surface area (Å²) in [7, 11) is 0.